The van der Waals surface area contributed by atoms with Crippen LogP contribution in [0.15, 0.2) is 40.4 Å². The molecule has 28 heavy (non-hydrogen) atoms. The van der Waals surface area contributed by atoms with E-state index in [2.05, 4.69) is 21.2 Å². The van der Waals surface area contributed by atoms with E-state index in [0.29, 0.717) is 5.69 Å². The molecule has 0 radical (unpaired) electrons. The zero-order valence-corrected chi connectivity index (χ0v) is 18.4. The Labute approximate surface area is 175 Å². The smallest absolute Gasteiger partial charge is 0.266 e. The Balaban J connectivity index is 2.41. The lowest BCUT2D eigenvalue weighted by Crippen LogP contribution is -2.13. The first-order valence-electron chi connectivity index (χ1n) is 9.20. The molecule has 2 aromatic rings. The Bertz CT molecular complexity index is 940. The Morgan fingerprint density at radius 2 is 1.71 bits per heavy atom. The van der Waals surface area contributed by atoms with Crippen LogP contribution in [0.3, 0.4) is 0 Å². The second-order valence-electron chi connectivity index (χ2n) is 7.45. The summed E-state index contributed by atoms with van der Waals surface area (Å²) in [5, 5.41) is 22.8. The second kappa shape index (κ2) is 9.07. The summed E-state index contributed by atoms with van der Waals surface area (Å²) in [6, 6.07) is 11.1. The molecule has 0 atom stereocenters. The van der Waals surface area contributed by atoms with Crippen molar-refractivity contribution in [3.63, 3.8) is 0 Å². The molecule has 0 heterocycles. The summed E-state index contributed by atoms with van der Waals surface area (Å²) in [7, 11) is 0. The predicted octanol–water partition coefficient (Wildman–Crippen LogP) is 6.26. The lowest BCUT2D eigenvalue weighted by Gasteiger charge is -2.16. The van der Waals surface area contributed by atoms with Gasteiger partial charge in [0.1, 0.15) is 17.4 Å². The van der Waals surface area contributed by atoms with Crippen LogP contribution < -0.4 is 5.32 Å². The van der Waals surface area contributed by atoms with Crippen LogP contribution >= 0.6 is 15.9 Å². The number of halogens is 1. The van der Waals surface area contributed by atoms with Crippen LogP contribution in [0.25, 0.3) is 6.08 Å². The Hall–Kier alpha value is -2.58. The Morgan fingerprint density at radius 3 is 2.18 bits per heavy atom. The van der Waals surface area contributed by atoms with Crippen molar-refractivity contribution in [3.8, 4) is 11.8 Å². The highest BCUT2D eigenvalue weighted by Crippen LogP contribution is 2.35. The number of rotatable bonds is 5. The summed E-state index contributed by atoms with van der Waals surface area (Å²) in [5.41, 5.74) is 3.96. The first-order valence-corrected chi connectivity index (χ1v) is 9.99. The van der Waals surface area contributed by atoms with Gasteiger partial charge < -0.3 is 10.4 Å². The van der Waals surface area contributed by atoms with Gasteiger partial charge in [-0.1, -0.05) is 43.6 Å². The Kier molecular flexibility index (Phi) is 7.04. The van der Waals surface area contributed by atoms with Gasteiger partial charge in [0.25, 0.3) is 5.91 Å². The van der Waals surface area contributed by atoms with Crippen LogP contribution in [0.1, 0.15) is 61.8 Å². The molecule has 0 aliphatic rings. The van der Waals surface area contributed by atoms with Gasteiger partial charge in [-0.05, 0) is 77.4 Å². The average molecular weight is 441 g/mol. The predicted molar refractivity (Wildman–Crippen MR) is 117 cm³/mol. The van der Waals surface area contributed by atoms with Crippen molar-refractivity contribution in [2.24, 2.45) is 0 Å². The minimum atomic E-state index is -0.463. The van der Waals surface area contributed by atoms with Crippen LogP contribution in [0.5, 0.6) is 5.75 Å². The van der Waals surface area contributed by atoms with Crippen molar-refractivity contribution in [2.75, 3.05) is 5.32 Å². The van der Waals surface area contributed by atoms with Crippen LogP contribution in [0, 0.1) is 18.3 Å². The van der Waals surface area contributed by atoms with Gasteiger partial charge >= 0.3 is 0 Å². The summed E-state index contributed by atoms with van der Waals surface area (Å²) in [5.74, 6) is 0.0665. The summed E-state index contributed by atoms with van der Waals surface area (Å²) in [6.45, 7) is 9.93. The normalized spacial score (nSPS) is 11.6. The first-order chi connectivity index (χ1) is 13.1. The molecule has 1 amide bonds. The molecular formula is C23H25BrN2O2. The molecule has 0 saturated heterocycles. The highest BCUT2D eigenvalue weighted by Gasteiger charge is 2.16. The minimum Gasteiger partial charge on any atom is -0.507 e. The number of anilines is 1. The van der Waals surface area contributed by atoms with Gasteiger partial charge in [0.05, 0.1) is 0 Å². The van der Waals surface area contributed by atoms with Crippen LogP contribution in [0.2, 0.25) is 0 Å². The van der Waals surface area contributed by atoms with Crippen molar-refractivity contribution >= 4 is 33.6 Å². The number of hydrogen-bond acceptors (Lipinski definition) is 3. The van der Waals surface area contributed by atoms with Crippen LogP contribution in [-0.4, -0.2) is 11.0 Å². The molecule has 0 aliphatic carbocycles. The van der Waals surface area contributed by atoms with Gasteiger partial charge in [-0.15, -0.1) is 0 Å². The monoisotopic (exact) mass is 440 g/mol. The number of carbonyl (C=O) groups excluding carboxylic acids is 1. The summed E-state index contributed by atoms with van der Waals surface area (Å²) in [4.78, 5) is 12.6. The molecule has 4 nitrogen and oxygen atoms in total. The molecule has 0 unspecified atom stereocenters. The molecule has 146 valence electrons. The molecule has 0 saturated carbocycles. The van der Waals surface area contributed by atoms with Gasteiger partial charge in [-0.3, -0.25) is 4.79 Å². The van der Waals surface area contributed by atoms with E-state index in [-0.39, 0.29) is 23.2 Å². The number of benzene rings is 2. The topological polar surface area (TPSA) is 73.1 Å². The number of aromatic hydroxyl groups is 1. The van der Waals surface area contributed by atoms with E-state index >= 15 is 0 Å². The summed E-state index contributed by atoms with van der Waals surface area (Å²) >= 11 is 3.43. The number of nitrogens with one attached hydrogen (secondary N) is 1. The van der Waals surface area contributed by atoms with Crippen molar-refractivity contribution in [1.29, 1.82) is 5.26 Å². The standard InChI is InChI=1S/C23H25BrN2O2/c1-13(2)19-10-16(11-20(14(3)4)22(19)27)9-17(12-25)23(28)26-18-6-7-21(24)15(5)8-18/h6-11,13-14,27H,1-5H3,(H,26,28)/b17-9+. The number of nitrogens with zero attached hydrogens (tertiary/aromatic N) is 1. The summed E-state index contributed by atoms with van der Waals surface area (Å²) < 4.78 is 0.952. The van der Waals surface area contributed by atoms with Gasteiger partial charge in [0.2, 0.25) is 0 Å². The molecule has 2 aromatic carbocycles. The largest absolute Gasteiger partial charge is 0.507 e. The first kappa shape index (κ1) is 21.7. The Morgan fingerprint density at radius 1 is 1.14 bits per heavy atom. The maximum Gasteiger partial charge on any atom is 0.266 e. The lowest BCUT2D eigenvalue weighted by molar-refractivity contribution is -0.112. The number of amides is 1. The molecular weight excluding hydrogens is 416 g/mol. The SMILES string of the molecule is Cc1cc(NC(=O)/C(C#N)=C/c2cc(C(C)C)c(O)c(C(C)C)c2)ccc1Br. The highest BCUT2D eigenvalue weighted by atomic mass is 79.9. The molecule has 2 N–H and O–H groups in total. The number of carbonyl (C=O) groups is 1. The number of phenols is 1. The van der Waals surface area contributed by atoms with E-state index in [1.807, 2.05) is 65.0 Å². The average Bonchev–Trinajstić information content (AvgIpc) is 2.63. The summed E-state index contributed by atoms with van der Waals surface area (Å²) in [6.07, 6.45) is 1.57. The van der Waals surface area contributed by atoms with Gasteiger partial charge in [-0.2, -0.15) is 5.26 Å². The van der Waals surface area contributed by atoms with E-state index < -0.39 is 5.91 Å². The van der Waals surface area contributed by atoms with Gasteiger partial charge in [-0.25, -0.2) is 0 Å². The maximum absolute atomic E-state index is 12.6. The van der Waals surface area contributed by atoms with Gasteiger partial charge in [0.15, 0.2) is 0 Å². The van der Waals surface area contributed by atoms with Crippen LogP contribution in [0.4, 0.5) is 5.69 Å². The van der Waals surface area contributed by atoms with Crippen LogP contribution in [-0.2, 0) is 4.79 Å². The van der Waals surface area contributed by atoms with Crippen molar-refractivity contribution < 1.29 is 9.90 Å². The number of nitriles is 1. The molecule has 0 fully saturated rings. The highest BCUT2D eigenvalue weighted by molar-refractivity contribution is 9.10. The van der Waals surface area contributed by atoms with Gasteiger partial charge in [0, 0.05) is 10.2 Å². The molecule has 0 spiro atoms. The quantitative estimate of drug-likeness (QED) is 0.425. The van der Waals surface area contributed by atoms with E-state index in [1.165, 1.54) is 0 Å². The lowest BCUT2D eigenvalue weighted by atomic mass is 9.91. The molecule has 2 rings (SSSR count). The molecule has 0 aromatic heterocycles. The van der Waals surface area contributed by atoms with E-state index in [9.17, 15) is 15.2 Å². The van der Waals surface area contributed by atoms with Crippen molar-refractivity contribution in [2.45, 2.75) is 46.5 Å². The fourth-order valence-corrected chi connectivity index (χ4v) is 3.15. The number of aryl methyl sites for hydroxylation is 1. The third-order valence-electron chi connectivity index (χ3n) is 4.53. The maximum atomic E-state index is 12.6. The van der Waals surface area contributed by atoms with Crippen molar-refractivity contribution in [3.05, 3.63) is 62.6 Å². The number of phenolic OH excluding ortho intramolecular Hbond substituents is 1. The molecule has 0 bridgehead atoms. The zero-order valence-electron chi connectivity index (χ0n) is 16.8. The second-order valence-corrected chi connectivity index (χ2v) is 8.30. The van der Waals surface area contributed by atoms with E-state index in [0.717, 1.165) is 26.7 Å². The van der Waals surface area contributed by atoms with Crippen molar-refractivity contribution in [1.82, 2.24) is 0 Å². The number of hydrogen-bond donors (Lipinski definition) is 2. The molecule has 5 heteroatoms. The fraction of sp³-hybridized carbons (Fsp3) is 0.304. The third kappa shape index (κ3) is 5.02. The van der Waals surface area contributed by atoms with E-state index in [1.54, 1.807) is 12.1 Å². The third-order valence-corrected chi connectivity index (χ3v) is 5.42. The fourth-order valence-electron chi connectivity index (χ4n) is 2.90. The minimum absolute atomic E-state index is 0.00988. The molecule has 0 aliphatic heterocycles. The zero-order chi connectivity index (χ0) is 21.0. The van der Waals surface area contributed by atoms with E-state index in [4.69, 9.17) is 0 Å².